The molecule has 6 aromatic heterocycles. The molecule has 0 aliphatic carbocycles. The Balaban J connectivity index is 0.000000190. The van der Waals surface area contributed by atoms with Crippen LogP contribution in [0.25, 0.3) is 55.6 Å². The number of hydrogen-bond donors (Lipinski definition) is 8. The van der Waals surface area contributed by atoms with Crippen LogP contribution >= 0.6 is 15.6 Å². The zero-order valence-electron chi connectivity index (χ0n) is 45.4. The lowest BCUT2D eigenvalue weighted by atomic mass is 9.86. The molecule has 10 N–H and O–H groups in total. The normalized spacial score (nSPS) is 18.0. The van der Waals surface area contributed by atoms with Crippen LogP contribution in [0.1, 0.15) is 122 Å². The number of nitrogens with zero attached hydrogens (tertiary/aromatic N) is 8. The molecule has 2 saturated heterocycles. The number of amides is 2. The number of aryl methyl sites for hydroxylation is 2. The van der Waals surface area contributed by atoms with E-state index in [4.69, 9.17) is 30.3 Å². The summed E-state index contributed by atoms with van der Waals surface area (Å²) in [5, 5.41) is 11.2. The van der Waals surface area contributed by atoms with E-state index in [9.17, 15) is 28.5 Å². The molecular weight excluding hydrogens is 1040 g/mol. The quantitative estimate of drug-likeness (QED) is 0.0272. The van der Waals surface area contributed by atoms with Crippen molar-refractivity contribution < 1.29 is 56.4 Å². The number of nitrogens with two attached hydrogens (primary N) is 2. The van der Waals surface area contributed by atoms with Crippen LogP contribution in [0.3, 0.4) is 0 Å². The van der Waals surface area contributed by atoms with Crippen LogP contribution in [0.4, 0.5) is 0 Å². The number of aromatic nitrogens is 8. The first-order valence-electron chi connectivity index (χ1n) is 26.3. The lowest BCUT2D eigenvalue weighted by Crippen LogP contribution is -2.57. The number of H-pyrrole nitrogens is 2. The highest BCUT2D eigenvalue weighted by Crippen LogP contribution is 2.44. The molecule has 0 saturated carbocycles. The van der Waals surface area contributed by atoms with E-state index in [1.54, 1.807) is 15.4 Å². The number of quaternary nitrogens is 1. The van der Waals surface area contributed by atoms with Crippen LogP contribution in [-0.2, 0) is 34.5 Å². The number of likely N-dealkylation sites (tertiary alicyclic amines) is 2. The Morgan fingerprint density at radius 1 is 0.731 bits per heavy atom. The van der Waals surface area contributed by atoms with Crippen molar-refractivity contribution in [2.24, 2.45) is 11.5 Å². The van der Waals surface area contributed by atoms with Gasteiger partial charge in [-0.15, -0.1) is 0 Å². The van der Waals surface area contributed by atoms with E-state index in [1.807, 2.05) is 30.8 Å². The van der Waals surface area contributed by atoms with Gasteiger partial charge in [-0.05, 0) is 141 Å². The van der Waals surface area contributed by atoms with Crippen LogP contribution in [0.5, 0.6) is 0 Å². The molecule has 2 amide bonds. The summed E-state index contributed by atoms with van der Waals surface area (Å²) < 4.78 is 37.3. The molecule has 24 heteroatoms. The second kappa shape index (κ2) is 22.2. The highest BCUT2D eigenvalue weighted by atomic mass is 31.2. The number of carbonyl (C=O) groups excluding carboxylic acids is 2. The van der Waals surface area contributed by atoms with E-state index < -0.39 is 21.6 Å². The third kappa shape index (κ3) is 11.9. The SMILES string of the molecule is Cc1c(-c2[nH]c3ccc(C4CCN(CC(N)=O)CC4)cc3c2C(C)C)cn2nc[n+](COP(=O)(O)O)c2c1C.Cc1c(-c2[nH]c3ccc(C4CC[N+](COP(=O)(O)O)(CC(N)=O)CC4)cc3c2C(C)C)cn2ncnc2c1C. The highest BCUT2D eigenvalue weighted by molar-refractivity contribution is 7.46. The number of benzene rings is 2. The Morgan fingerprint density at radius 3 is 1.77 bits per heavy atom. The van der Waals surface area contributed by atoms with Gasteiger partial charge in [-0.25, -0.2) is 27.7 Å². The van der Waals surface area contributed by atoms with Gasteiger partial charge in [0.15, 0.2) is 25.7 Å². The van der Waals surface area contributed by atoms with Gasteiger partial charge in [0.25, 0.3) is 17.9 Å². The Kier molecular flexibility index (Phi) is 16.1. The van der Waals surface area contributed by atoms with Gasteiger partial charge >= 0.3 is 15.6 Å². The number of nitrogens with one attached hydrogen (secondary N) is 2. The molecule has 2 fully saturated rings. The van der Waals surface area contributed by atoms with E-state index in [-0.39, 0.29) is 48.2 Å². The van der Waals surface area contributed by atoms with Gasteiger partial charge in [0.2, 0.25) is 5.91 Å². The van der Waals surface area contributed by atoms with E-state index in [0.29, 0.717) is 31.2 Å². The third-order valence-electron chi connectivity index (χ3n) is 16.1. The van der Waals surface area contributed by atoms with Crippen LogP contribution in [-0.4, -0.2) is 121 Å². The van der Waals surface area contributed by atoms with Crippen molar-refractivity contribution in [3.8, 4) is 22.5 Å². The Labute approximate surface area is 451 Å². The molecule has 22 nitrogen and oxygen atoms in total. The number of carbonyl (C=O) groups is 2. The Bertz CT molecular complexity index is 3670. The molecular formula is C54H72N12O10P2+2. The average molecular weight is 1110 g/mol. The number of aromatic amines is 2. The first kappa shape index (κ1) is 56.6. The van der Waals surface area contributed by atoms with E-state index in [1.165, 1.54) is 39.4 Å². The second-order valence-corrected chi connectivity index (χ2v) is 24.4. The molecule has 78 heavy (non-hydrogen) atoms. The second-order valence-electron chi connectivity index (χ2n) is 21.9. The number of piperidine rings is 2. The van der Waals surface area contributed by atoms with Gasteiger partial charge in [-0.1, -0.05) is 44.3 Å². The fourth-order valence-electron chi connectivity index (χ4n) is 11.9. The maximum absolute atomic E-state index is 11.8. The maximum atomic E-state index is 11.8. The number of primary amides is 2. The van der Waals surface area contributed by atoms with Crippen LogP contribution in [0.2, 0.25) is 0 Å². The van der Waals surface area contributed by atoms with Crippen molar-refractivity contribution in [2.45, 2.75) is 111 Å². The summed E-state index contributed by atoms with van der Waals surface area (Å²) in [5.41, 5.74) is 28.1. The van der Waals surface area contributed by atoms with Crippen molar-refractivity contribution in [1.29, 1.82) is 0 Å². The molecule has 2 aliphatic heterocycles. The van der Waals surface area contributed by atoms with E-state index in [0.717, 1.165) is 100 Å². The lowest BCUT2D eigenvalue weighted by molar-refractivity contribution is -0.940. The van der Waals surface area contributed by atoms with E-state index in [2.05, 4.69) is 108 Å². The van der Waals surface area contributed by atoms with Crippen molar-refractivity contribution in [3.05, 3.63) is 106 Å². The fraction of sp³-hybridized carbons (Fsp3) is 0.444. The summed E-state index contributed by atoms with van der Waals surface area (Å²) in [4.78, 5) is 73.6. The van der Waals surface area contributed by atoms with Crippen molar-refractivity contribution >= 4 is 60.6 Å². The van der Waals surface area contributed by atoms with Gasteiger partial charge < -0.3 is 41.0 Å². The molecule has 0 bridgehead atoms. The number of phosphoric acid groups is 2. The summed E-state index contributed by atoms with van der Waals surface area (Å²) in [6.45, 7) is 19.6. The largest absolute Gasteiger partial charge is 0.474 e. The first-order valence-corrected chi connectivity index (χ1v) is 29.4. The van der Waals surface area contributed by atoms with Crippen molar-refractivity contribution in [3.63, 3.8) is 0 Å². The molecule has 8 aromatic rings. The van der Waals surface area contributed by atoms with Gasteiger partial charge in [0.1, 0.15) is 12.5 Å². The number of fused-ring (bicyclic) bond motifs is 4. The molecule has 0 radical (unpaired) electrons. The summed E-state index contributed by atoms with van der Waals surface area (Å²) in [6, 6.07) is 13.2. The maximum Gasteiger partial charge on any atom is 0.474 e. The molecule has 2 aromatic carbocycles. The summed E-state index contributed by atoms with van der Waals surface area (Å²) in [5.74, 6) is 0.423. The first-order chi connectivity index (χ1) is 36.8. The van der Waals surface area contributed by atoms with E-state index >= 15 is 0 Å². The third-order valence-corrected chi connectivity index (χ3v) is 17.0. The molecule has 416 valence electrons. The Hall–Kier alpha value is -6.16. The minimum Gasteiger partial charge on any atom is -0.369 e. The smallest absolute Gasteiger partial charge is 0.369 e. The van der Waals surface area contributed by atoms with Crippen molar-refractivity contribution in [1.82, 2.24) is 39.1 Å². The number of rotatable bonds is 16. The van der Waals surface area contributed by atoms with Crippen LogP contribution < -0.4 is 16.0 Å². The molecule has 2 aliphatic rings. The van der Waals surface area contributed by atoms with Crippen molar-refractivity contribution in [2.75, 3.05) is 46.0 Å². The molecule has 10 rings (SSSR count). The summed E-state index contributed by atoms with van der Waals surface area (Å²) >= 11 is 0. The minimum absolute atomic E-state index is 0.0146. The number of pyridine rings is 2. The molecule has 8 heterocycles. The summed E-state index contributed by atoms with van der Waals surface area (Å²) in [7, 11) is -9.27. The van der Waals surface area contributed by atoms with Gasteiger partial charge in [0.05, 0.1) is 31.0 Å². The summed E-state index contributed by atoms with van der Waals surface area (Å²) in [6.07, 6.45) is 10.6. The van der Waals surface area contributed by atoms with Gasteiger partial charge in [0, 0.05) is 62.6 Å². The average Bonchev–Trinajstić information content (AvgIpc) is 4.31. The predicted molar refractivity (Wildman–Crippen MR) is 295 cm³/mol. The van der Waals surface area contributed by atoms with Gasteiger partial charge in [-0.2, -0.15) is 5.10 Å². The molecule has 0 spiro atoms. The van der Waals surface area contributed by atoms with Crippen LogP contribution in [0, 0.1) is 27.7 Å². The zero-order chi connectivity index (χ0) is 56.2. The molecule has 0 atom stereocenters. The van der Waals surface area contributed by atoms with Crippen LogP contribution in [0.15, 0.2) is 61.4 Å². The zero-order valence-corrected chi connectivity index (χ0v) is 47.2. The standard InChI is InChI=1S/2C27H35N6O5P/c1-16(2)25-21-11-20(19-7-9-31(10-8-19)13-24(28)34)5-6-23(21)30-26(25)22-12-33-27(18(4)17(22)3)32(14-29-33)15-38-39(35,36)37;1-16(2)25-21-11-20(19-7-9-33(10-8-19,13-24(28)34)15-38-39(35,36)37)5-6-23(21)31-26(25)22-12-32-27(29-14-30-32)18(4)17(22)3/h5-6,11-12,14,16,19,30H,7-10,13,15H2,1-4H3,(H3-,28,34,35,36,37);5-6,11-12,14,16,19,31H,7-10,13,15H2,1-4H3,(H3-,28,34,35,36,37)/p+2. The fourth-order valence-corrected chi connectivity index (χ4v) is 12.6. The molecule has 0 unspecified atom stereocenters. The monoisotopic (exact) mass is 1110 g/mol. The van der Waals surface area contributed by atoms with Gasteiger partial charge in [-0.3, -0.25) is 23.5 Å². The minimum atomic E-state index is -4.65. The topological polar surface area (TPSA) is 306 Å². The predicted octanol–water partition coefficient (Wildman–Crippen LogP) is 7.11. The number of hydrogen-bond acceptors (Lipinski definition) is 10. The Morgan fingerprint density at radius 2 is 1.26 bits per heavy atom. The lowest BCUT2D eigenvalue weighted by Gasteiger charge is -2.42. The number of phosphoric ester groups is 2. The highest BCUT2D eigenvalue weighted by Gasteiger charge is 2.38.